The fraction of sp³-hybridized carbons (Fsp3) is 0.955. The van der Waals surface area contributed by atoms with Crippen molar-refractivity contribution < 1.29 is 9.53 Å². The zero-order valence-electron chi connectivity index (χ0n) is 17.8. The standard InChI is InChI=1S/C22H40I4O2/c1-3-5-6-7-8-9-10-11-12-13-14-15-16-17-18-19-21(23,24)22(25,26)20(27)28-4-2/h3-19H2,1-2H3. The van der Waals surface area contributed by atoms with Gasteiger partial charge in [-0.05, 0) is 13.3 Å². The molecule has 0 atom stereocenters. The van der Waals surface area contributed by atoms with Crippen molar-refractivity contribution in [3.8, 4) is 0 Å². The molecule has 168 valence electrons. The van der Waals surface area contributed by atoms with E-state index in [1.807, 2.05) is 6.92 Å². The van der Waals surface area contributed by atoms with Crippen molar-refractivity contribution in [1.82, 2.24) is 0 Å². The van der Waals surface area contributed by atoms with Crippen LogP contribution in [0.1, 0.15) is 117 Å². The molecule has 0 radical (unpaired) electrons. The highest BCUT2D eigenvalue weighted by atomic mass is 127. The monoisotopic (exact) mass is 844 g/mol. The van der Waals surface area contributed by atoms with Gasteiger partial charge in [0.15, 0.2) is 1.43 Å². The molecule has 0 aliphatic carbocycles. The molecule has 0 rings (SSSR count). The lowest BCUT2D eigenvalue weighted by Gasteiger charge is -2.32. The van der Waals surface area contributed by atoms with Crippen LogP contribution in [0.15, 0.2) is 0 Å². The Morgan fingerprint density at radius 2 is 1.00 bits per heavy atom. The van der Waals surface area contributed by atoms with Gasteiger partial charge >= 0.3 is 5.97 Å². The Morgan fingerprint density at radius 3 is 1.36 bits per heavy atom. The Balaban J connectivity index is 3.57. The first-order valence-electron chi connectivity index (χ1n) is 11.2. The number of halogens is 4. The summed E-state index contributed by atoms with van der Waals surface area (Å²) in [7, 11) is 0. The van der Waals surface area contributed by atoms with Crippen LogP contribution in [0.25, 0.3) is 0 Å². The maximum absolute atomic E-state index is 12.2. The summed E-state index contributed by atoms with van der Waals surface area (Å²) in [5.41, 5.74) is 0. The number of rotatable bonds is 19. The number of ether oxygens (including phenoxy) is 1. The van der Waals surface area contributed by atoms with Crippen LogP contribution in [0.2, 0.25) is 0 Å². The molecular formula is C22H40I4O2. The molecule has 0 aromatic heterocycles. The quantitative estimate of drug-likeness (QED) is 0.0561. The molecule has 0 aliphatic heterocycles. The highest BCUT2D eigenvalue weighted by Crippen LogP contribution is 2.53. The number of carbonyl (C=O) groups is 1. The summed E-state index contributed by atoms with van der Waals surface area (Å²) in [5, 5.41) is 0. The van der Waals surface area contributed by atoms with Crippen LogP contribution in [0, 0.1) is 0 Å². The van der Waals surface area contributed by atoms with Crippen molar-refractivity contribution in [2.75, 3.05) is 6.61 Å². The molecule has 0 saturated carbocycles. The van der Waals surface area contributed by atoms with Gasteiger partial charge < -0.3 is 4.74 Å². The van der Waals surface area contributed by atoms with E-state index in [0.717, 1.165) is 6.42 Å². The lowest BCUT2D eigenvalue weighted by atomic mass is 10.0. The molecule has 28 heavy (non-hydrogen) atoms. The molecule has 0 aliphatic rings. The van der Waals surface area contributed by atoms with Gasteiger partial charge in [0.05, 0.1) is 6.61 Å². The van der Waals surface area contributed by atoms with Crippen LogP contribution in [-0.2, 0) is 9.53 Å². The second kappa shape index (κ2) is 18.9. The third kappa shape index (κ3) is 14.5. The molecule has 6 heteroatoms. The van der Waals surface area contributed by atoms with Crippen molar-refractivity contribution in [3.05, 3.63) is 0 Å². The van der Waals surface area contributed by atoms with Gasteiger partial charge in [0.1, 0.15) is 1.43 Å². The van der Waals surface area contributed by atoms with Crippen molar-refractivity contribution >= 4 is 96.3 Å². The van der Waals surface area contributed by atoms with Gasteiger partial charge in [-0.25, -0.2) is 4.79 Å². The maximum Gasteiger partial charge on any atom is 0.334 e. The van der Waals surface area contributed by atoms with E-state index < -0.39 is 1.43 Å². The van der Waals surface area contributed by atoms with Crippen LogP contribution in [-0.4, -0.2) is 15.4 Å². The summed E-state index contributed by atoms with van der Waals surface area (Å²) in [4.78, 5) is 12.2. The third-order valence-corrected chi connectivity index (χ3v) is 14.6. The van der Waals surface area contributed by atoms with Gasteiger partial charge in [-0.1, -0.05) is 194 Å². The number of hydrogen-bond acceptors (Lipinski definition) is 2. The van der Waals surface area contributed by atoms with E-state index in [2.05, 4.69) is 97.3 Å². The maximum atomic E-state index is 12.2. The van der Waals surface area contributed by atoms with Crippen LogP contribution in [0.5, 0.6) is 0 Å². The Kier molecular flexibility index (Phi) is 20.5. The van der Waals surface area contributed by atoms with Crippen molar-refractivity contribution in [3.63, 3.8) is 0 Å². The number of unbranched alkanes of at least 4 members (excludes halogenated alkanes) is 14. The lowest BCUT2D eigenvalue weighted by Crippen LogP contribution is -2.42. The fourth-order valence-corrected chi connectivity index (χ4v) is 5.30. The smallest absolute Gasteiger partial charge is 0.334 e. The van der Waals surface area contributed by atoms with E-state index in [4.69, 9.17) is 4.74 Å². The molecule has 2 nitrogen and oxygen atoms in total. The van der Waals surface area contributed by atoms with Crippen molar-refractivity contribution in [1.29, 1.82) is 0 Å². The summed E-state index contributed by atoms with van der Waals surface area (Å²) in [6.07, 6.45) is 21.8. The second-order valence-electron chi connectivity index (χ2n) is 7.70. The minimum absolute atomic E-state index is 0.0963. The summed E-state index contributed by atoms with van der Waals surface area (Å²) >= 11 is 9.42. The Hall–Kier alpha value is 2.39. The van der Waals surface area contributed by atoms with E-state index in [-0.39, 0.29) is 7.40 Å². The lowest BCUT2D eigenvalue weighted by molar-refractivity contribution is -0.142. The Bertz CT molecular complexity index is 387. The molecule has 0 N–H and O–H groups in total. The number of esters is 1. The predicted molar refractivity (Wildman–Crippen MR) is 158 cm³/mol. The summed E-state index contributed by atoms with van der Waals surface area (Å²) in [6.45, 7) is 4.61. The van der Waals surface area contributed by atoms with Gasteiger partial charge in [0.2, 0.25) is 0 Å². The Morgan fingerprint density at radius 1 is 0.643 bits per heavy atom. The molecule has 0 amide bonds. The molecule has 0 saturated heterocycles. The van der Waals surface area contributed by atoms with E-state index in [9.17, 15) is 4.79 Å². The SMILES string of the molecule is CCCCCCCCCCCCCCCCCC(I)(I)C(I)(I)C(=O)OCC. The van der Waals surface area contributed by atoms with E-state index in [0.29, 0.717) is 6.61 Å². The number of alkyl halides is 4. The summed E-state index contributed by atoms with van der Waals surface area (Å²) < 4.78 is 4.65. The first kappa shape index (κ1) is 30.4. The van der Waals surface area contributed by atoms with Crippen LogP contribution < -0.4 is 0 Å². The fourth-order valence-electron chi connectivity index (χ4n) is 3.25. The van der Waals surface area contributed by atoms with Crippen LogP contribution in [0.4, 0.5) is 0 Å². The first-order chi connectivity index (χ1) is 13.3. The third-order valence-electron chi connectivity index (χ3n) is 5.09. The van der Waals surface area contributed by atoms with Crippen molar-refractivity contribution in [2.24, 2.45) is 0 Å². The summed E-state index contributed by atoms with van der Waals surface area (Å²) in [6, 6.07) is 0. The zero-order valence-corrected chi connectivity index (χ0v) is 26.5. The zero-order chi connectivity index (χ0) is 21.3. The number of carbonyl (C=O) groups excluding carboxylic acids is 1. The molecule has 0 aromatic rings. The average Bonchev–Trinajstić information content (AvgIpc) is 2.64. The van der Waals surface area contributed by atoms with Crippen LogP contribution >= 0.6 is 90.4 Å². The highest BCUT2D eigenvalue weighted by Gasteiger charge is 2.51. The average molecular weight is 844 g/mol. The van der Waals surface area contributed by atoms with E-state index in [1.54, 1.807) is 0 Å². The van der Waals surface area contributed by atoms with E-state index >= 15 is 0 Å². The van der Waals surface area contributed by atoms with Gasteiger partial charge in [0.25, 0.3) is 0 Å². The normalized spacial score (nSPS) is 12.4. The van der Waals surface area contributed by atoms with Gasteiger partial charge in [0, 0.05) is 0 Å². The van der Waals surface area contributed by atoms with Crippen molar-refractivity contribution in [2.45, 2.75) is 119 Å². The highest BCUT2D eigenvalue weighted by molar-refractivity contribution is 14.2. The molecule has 0 aromatic carbocycles. The molecule has 0 bridgehead atoms. The van der Waals surface area contributed by atoms with Crippen LogP contribution in [0.3, 0.4) is 0 Å². The minimum Gasteiger partial charge on any atom is -0.464 e. The topological polar surface area (TPSA) is 26.3 Å². The van der Waals surface area contributed by atoms with Gasteiger partial charge in [-0.3, -0.25) is 0 Å². The molecule has 0 heterocycles. The predicted octanol–water partition coefficient (Wildman–Crippen LogP) is 9.94. The summed E-state index contributed by atoms with van der Waals surface area (Å²) in [5.74, 6) is -0.0963. The second-order valence-corrected chi connectivity index (χ2v) is 18.7. The van der Waals surface area contributed by atoms with Gasteiger partial charge in [-0.15, -0.1) is 0 Å². The van der Waals surface area contributed by atoms with E-state index in [1.165, 1.54) is 96.3 Å². The largest absolute Gasteiger partial charge is 0.464 e. The molecule has 0 fully saturated rings. The Labute approximate surface area is 229 Å². The first-order valence-corrected chi connectivity index (χ1v) is 15.5. The number of hydrogen-bond donors (Lipinski definition) is 0. The van der Waals surface area contributed by atoms with Gasteiger partial charge in [-0.2, -0.15) is 0 Å². The molecule has 0 spiro atoms. The minimum atomic E-state index is -0.504. The molecule has 0 unspecified atom stereocenters. The molecular weight excluding hydrogens is 804 g/mol.